The van der Waals surface area contributed by atoms with Crippen LogP contribution in [0.4, 0.5) is 17.1 Å². The molecule has 5 aliphatic rings. The van der Waals surface area contributed by atoms with Gasteiger partial charge in [-0.15, -0.1) is 0 Å². The van der Waals surface area contributed by atoms with Crippen LogP contribution in [0, 0.1) is 24.7 Å². The van der Waals surface area contributed by atoms with Crippen molar-refractivity contribution >= 4 is 27.8 Å². The van der Waals surface area contributed by atoms with Gasteiger partial charge < -0.3 is 4.90 Å². The first-order valence-electron chi connectivity index (χ1n) is 18.6. The van der Waals surface area contributed by atoms with E-state index in [1.807, 2.05) is 0 Å². The number of nitrogens with zero attached hydrogens (tertiary/aromatic N) is 1. The van der Waals surface area contributed by atoms with Crippen molar-refractivity contribution in [2.75, 3.05) is 4.90 Å². The predicted molar refractivity (Wildman–Crippen MR) is 206 cm³/mol. The van der Waals surface area contributed by atoms with Crippen LogP contribution in [0.25, 0.3) is 33.0 Å². The fourth-order valence-electron chi connectivity index (χ4n) is 11.3. The lowest BCUT2D eigenvalue weighted by atomic mass is 9.48. The van der Waals surface area contributed by atoms with Crippen LogP contribution in [0.5, 0.6) is 0 Å². The second-order valence-electron chi connectivity index (χ2n) is 16.5. The molecule has 6 aromatic rings. The molecule has 242 valence electrons. The number of anilines is 3. The van der Waals surface area contributed by atoms with E-state index in [2.05, 4.69) is 153 Å². The Kier molecular flexibility index (Phi) is 6.39. The molecule has 11 rings (SSSR count). The highest BCUT2D eigenvalue weighted by molar-refractivity contribution is 6.06. The van der Waals surface area contributed by atoms with Gasteiger partial charge in [0, 0.05) is 22.4 Å². The summed E-state index contributed by atoms with van der Waals surface area (Å²) in [4.78, 5) is 2.55. The van der Waals surface area contributed by atoms with Gasteiger partial charge in [0.25, 0.3) is 0 Å². The molecule has 0 atom stereocenters. The number of fused-ring (bicyclic) bond motifs is 4. The van der Waals surface area contributed by atoms with Gasteiger partial charge in [0.15, 0.2) is 0 Å². The quantitative estimate of drug-likeness (QED) is 0.182. The second-order valence-corrected chi connectivity index (χ2v) is 16.5. The molecule has 0 amide bonds. The molecule has 4 fully saturated rings. The van der Waals surface area contributed by atoms with Crippen LogP contribution in [0.15, 0.2) is 127 Å². The Labute approximate surface area is 291 Å². The average molecular weight is 636 g/mol. The highest BCUT2D eigenvalue weighted by Gasteiger charge is 2.51. The van der Waals surface area contributed by atoms with E-state index in [1.54, 1.807) is 5.56 Å². The highest BCUT2D eigenvalue weighted by Crippen LogP contribution is 2.61. The number of hydrogen-bond donors (Lipinski definition) is 0. The minimum absolute atomic E-state index is 0.0712. The maximum Gasteiger partial charge on any atom is 0.0546 e. The predicted octanol–water partition coefficient (Wildman–Crippen LogP) is 13.1. The second kappa shape index (κ2) is 10.7. The first-order valence-corrected chi connectivity index (χ1v) is 18.6. The molecule has 6 aromatic carbocycles. The zero-order chi connectivity index (χ0) is 32.9. The standard InChI is InChI=1S/C48H45N/c1-31-10-4-6-12-39(31)46-40-13-7-5-11-35(40)16-23-45(46)49(38-21-22-42-41-14-8-9-15-43(41)47(2,3)44(42)27-38)37-19-17-36(18-20-37)48-28-32-24-33(29-48)26-34(25-32)30-48/h4-23,27,32-34H,24-26,28-30H2,1-3H3. The number of hydrogen-bond acceptors (Lipinski definition) is 1. The zero-order valence-electron chi connectivity index (χ0n) is 29.0. The Morgan fingerprint density at radius 1 is 0.551 bits per heavy atom. The number of aryl methyl sites for hydroxylation is 1. The van der Waals surface area contributed by atoms with Crippen molar-refractivity contribution in [2.45, 2.75) is 70.1 Å². The van der Waals surface area contributed by atoms with Gasteiger partial charge >= 0.3 is 0 Å². The van der Waals surface area contributed by atoms with Gasteiger partial charge in [0.2, 0.25) is 0 Å². The monoisotopic (exact) mass is 635 g/mol. The van der Waals surface area contributed by atoms with Crippen LogP contribution in [-0.4, -0.2) is 0 Å². The molecule has 0 saturated heterocycles. The van der Waals surface area contributed by atoms with Crippen molar-refractivity contribution < 1.29 is 0 Å². The minimum Gasteiger partial charge on any atom is -0.310 e. The van der Waals surface area contributed by atoms with E-state index in [4.69, 9.17) is 0 Å². The van der Waals surface area contributed by atoms with Crippen molar-refractivity contribution in [3.05, 3.63) is 150 Å². The van der Waals surface area contributed by atoms with Gasteiger partial charge in [-0.1, -0.05) is 111 Å². The lowest BCUT2D eigenvalue weighted by Gasteiger charge is -2.57. The van der Waals surface area contributed by atoms with E-state index in [0.29, 0.717) is 5.41 Å². The molecule has 0 radical (unpaired) electrons. The first-order chi connectivity index (χ1) is 23.9. The van der Waals surface area contributed by atoms with Crippen molar-refractivity contribution in [2.24, 2.45) is 17.8 Å². The van der Waals surface area contributed by atoms with Gasteiger partial charge in [-0.2, -0.15) is 0 Å². The van der Waals surface area contributed by atoms with Crippen molar-refractivity contribution in [1.29, 1.82) is 0 Å². The Morgan fingerprint density at radius 3 is 1.90 bits per heavy atom. The lowest BCUT2D eigenvalue weighted by Crippen LogP contribution is -2.48. The Balaban J connectivity index is 1.18. The smallest absolute Gasteiger partial charge is 0.0546 e. The first kappa shape index (κ1) is 29.3. The number of benzene rings is 6. The summed E-state index contributed by atoms with van der Waals surface area (Å²) in [5.41, 5.74) is 15.0. The van der Waals surface area contributed by atoms with Gasteiger partial charge in [-0.3, -0.25) is 0 Å². The van der Waals surface area contributed by atoms with E-state index in [9.17, 15) is 0 Å². The van der Waals surface area contributed by atoms with Crippen LogP contribution in [0.3, 0.4) is 0 Å². The molecule has 1 heteroatoms. The molecular formula is C48H45N. The summed E-state index contributed by atoms with van der Waals surface area (Å²) < 4.78 is 0. The molecule has 49 heavy (non-hydrogen) atoms. The normalized spacial score (nSPS) is 24.2. The fraction of sp³-hybridized carbons (Fsp3) is 0.292. The average Bonchev–Trinajstić information content (AvgIpc) is 3.34. The van der Waals surface area contributed by atoms with Crippen LogP contribution in [0.1, 0.15) is 74.6 Å². The molecule has 0 spiro atoms. The molecule has 0 aromatic heterocycles. The van der Waals surface area contributed by atoms with Crippen LogP contribution >= 0.6 is 0 Å². The topological polar surface area (TPSA) is 3.24 Å². The maximum atomic E-state index is 2.55. The van der Waals surface area contributed by atoms with Gasteiger partial charge in [-0.25, -0.2) is 0 Å². The molecule has 5 aliphatic carbocycles. The molecule has 0 aliphatic heterocycles. The zero-order valence-corrected chi connectivity index (χ0v) is 29.0. The number of rotatable bonds is 5. The van der Waals surface area contributed by atoms with Crippen molar-refractivity contribution in [1.82, 2.24) is 0 Å². The third kappa shape index (κ3) is 4.44. The van der Waals surface area contributed by atoms with E-state index >= 15 is 0 Å². The van der Waals surface area contributed by atoms with E-state index in [-0.39, 0.29) is 5.41 Å². The molecule has 4 saturated carbocycles. The molecule has 0 heterocycles. The van der Waals surface area contributed by atoms with E-state index in [1.165, 1.54) is 105 Å². The summed E-state index contributed by atoms with van der Waals surface area (Å²) >= 11 is 0. The van der Waals surface area contributed by atoms with Crippen molar-refractivity contribution in [3.63, 3.8) is 0 Å². The largest absolute Gasteiger partial charge is 0.310 e. The molecular weight excluding hydrogens is 591 g/mol. The highest BCUT2D eigenvalue weighted by atomic mass is 15.1. The minimum atomic E-state index is -0.0712. The maximum absolute atomic E-state index is 2.55. The van der Waals surface area contributed by atoms with Gasteiger partial charge in [0.1, 0.15) is 0 Å². The molecule has 0 N–H and O–H groups in total. The van der Waals surface area contributed by atoms with Crippen molar-refractivity contribution in [3.8, 4) is 22.3 Å². The molecule has 0 unspecified atom stereocenters. The lowest BCUT2D eigenvalue weighted by molar-refractivity contribution is -0.00518. The Morgan fingerprint density at radius 2 is 1.16 bits per heavy atom. The summed E-state index contributed by atoms with van der Waals surface area (Å²) in [6.45, 7) is 7.03. The fourth-order valence-corrected chi connectivity index (χ4v) is 11.3. The van der Waals surface area contributed by atoms with Gasteiger partial charge in [-0.05, 0) is 149 Å². The summed E-state index contributed by atoms with van der Waals surface area (Å²) in [6.07, 6.45) is 8.62. The summed E-state index contributed by atoms with van der Waals surface area (Å²) in [5, 5.41) is 2.56. The van der Waals surface area contributed by atoms with Crippen LogP contribution < -0.4 is 4.90 Å². The third-order valence-corrected chi connectivity index (χ3v) is 13.2. The Bertz CT molecular complexity index is 2220. The SMILES string of the molecule is Cc1ccccc1-c1c(N(c2ccc(C34CC5CC(CC(C5)C3)C4)cc2)c2ccc3c(c2)C(C)(C)c2ccccc2-3)ccc2ccccc12. The van der Waals surface area contributed by atoms with Crippen LogP contribution in [-0.2, 0) is 10.8 Å². The Hall–Kier alpha value is -4.62. The van der Waals surface area contributed by atoms with E-state index in [0.717, 1.165) is 17.8 Å². The summed E-state index contributed by atoms with van der Waals surface area (Å²) in [7, 11) is 0. The molecule has 1 nitrogen and oxygen atoms in total. The third-order valence-electron chi connectivity index (χ3n) is 13.2. The van der Waals surface area contributed by atoms with Crippen LogP contribution in [0.2, 0.25) is 0 Å². The van der Waals surface area contributed by atoms with Gasteiger partial charge in [0.05, 0.1) is 5.69 Å². The van der Waals surface area contributed by atoms with E-state index < -0.39 is 0 Å². The summed E-state index contributed by atoms with van der Waals surface area (Å²) in [6, 6.07) is 48.6. The summed E-state index contributed by atoms with van der Waals surface area (Å²) in [5.74, 6) is 2.82. The molecule has 4 bridgehead atoms.